The number of hydrogen-bond donors (Lipinski definition) is 1. The zero-order chi connectivity index (χ0) is 23.4. The summed E-state index contributed by atoms with van der Waals surface area (Å²) in [5.41, 5.74) is 6.37. The van der Waals surface area contributed by atoms with E-state index in [-0.39, 0.29) is 41.7 Å². The van der Waals surface area contributed by atoms with E-state index >= 15 is 0 Å². The molecule has 1 aliphatic rings. The van der Waals surface area contributed by atoms with Crippen LogP contribution in [0.5, 0.6) is 11.5 Å². The largest absolute Gasteiger partial charge is 0.496 e. The summed E-state index contributed by atoms with van der Waals surface area (Å²) in [6.07, 6.45) is 2.05. The van der Waals surface area contributed by atoms with Crippen LogP contribution in [0.2, 0.25) is 0 Å². The van der Waals surface area contributed by atoms with E-state index in [1.165, 1.54) is 13.2 Å². The van der Waals surface area contributed by atoms with Crippen LogP contribution < -0.4 is 15.2 Å². The van der Waals surface area contributed by atoms with E-state index in [0.29, 0.717) is 25.7 Å². The molecular weight excluding hydrogens is 425 g/mol. The van der Waals surface area contributed by atoms with Gasteiger partial charge in [-0.25, -0.2) is 4.39 Å². The molecule has 0 aliphatic heterocycles. The number of carbonyl (C=O) groups excluding carboxylic acids is 2. The number of methoxy groups -OCH3 is 1. The normalized spacial score (nSPS) is 18.0. The number of nitrogens with two attached hydrogens (primary N) is 1. The van der Waals surface area contributed by atoms with Gasteiger partial charge in [0.2, 0.25) is 0 Å². The summed E-state index contributed by atoms with van der Waals surface area (Å²) in [5, 5.41) is 2.18. The molecule has 6 nitrogen and oxygen atoms in total. The molecule has 0 saturated heterocycles. The first-order valence-electron chi connectivity index (χ1n) is 10.9. The zero-order valence-corrected chi connectivity index (χ0v) is 18.4. The van der Waals surface area contributed by atoms with Crippen molar-refractivity contribution in [3.63, 3.8) is 0 Å². The lowest BCUT2D eigenvalue weighted by molar-refractivity contribution is -0.151. The van der Waals surface area contributed by atoms with Crippen molar-refractivity contribution in [2.45, 2.75) is 38.4 Å². The fourth-order valence-electron chi connectivity index (χ4n) is 4.27. The molecule has 1 saturated carbocycles. The summed E-state index contributed by atoms with van der Waals surface area (Å²) >= 11 is 0. The van der Waals surface area contributed by atoms with Crippen LogP contribution in [0.4, 0.5) is 4.39 Å². The Morgan fingerprint density at radius 2 is 1.73 bits per heavy atom. The van der Waals surface area contributed by atoms with E-state index in [4.69, 9.17) is 19.9 Å². The van der Waals surface area contributed by atoms with E-state index in [0.717, 1.165) is 22.4 Å². The van der Waals surface area contributed by atoms with Crippen LogP contribution in [0.15, 0.2) is 54.6 Å². The Morgan fingerprint density at radius 3 is 2.45 bits per heavy atom. The maximum absolute atomic E-state index is 14.4. The van der Waals surface area contributed by atoms with Crippen molar-refractivity contribution in [3.05, 3.63) is 71.5 Å². The van der Waals surface area contributed by atoms with Crippen LogP contribution in [0.3, 0.4) is 0 Å². The minimum absolute atomic E-state index is 0.0495. The minimum atomic E-state index is -0.727. The highest BCUT2D eigenvalue weighted by Gasteiger charge is 2.29. The fourth-order valence-corrected chi connectivity index (χ4v) is 4.27. The first-order chi connectivity index (χ1) is 16.0. The molecule has 0 radical (unpaired) electrons. The molecule has 3 aromatic rings. The number of esters is 1. The molecule has 1 aliphatic carbocycles. The number of carbonyl (C=O) groups is 2. The van der Waals surface area contributed by atoms with Crippen LogP contribution in [0.1, 0.15) is 41.6 Å². The second-order valence-electron chi connectivity index (χ2n) is 8.18. The Hall–Kier alpha value is -3.61. The lowest BCUT2D eigenvalue weighted by Crippen LogP contribution is -2.29. The van der Waals surface area contributed by atoms with Crippen molar-refractivity contribution in [2.24, 2.45) is 11.7 Å². The first kappa shape index (κ1) is 22.6. The van der Waals surface area contributed by atoms with E-state index in [9.17, 15) is 14.0 Å². The standard InChI is InChI=1S/C26H26FNO5/c1-31-23-14-22(27)24(13-21(23)25(28)29)33-19-11-9-17(10-12-19)26(30)32-15-18-7-4-6-16-5-2-3-8-20(16)18/h2-8,13-14,17,19H,9-12,15H2,1H3,(H2,28,29). The van der Waals surface area contributed by atoms with Gasteiger partial charge >= 0.3 is 5.97 Å². The molecule has 4 rings (SSSR count). The third-order valence-electron chi connectivity index (χ3n) is 6.07. The van der Waals surface area contributed by atoms with Crippen LogP contribution in [0, 0.1) is 11.7 Å². The Morgan fingerprint density at radius 1 is 1.00 bits per heavy atom. The summed E-state index contributed by atoms with van der Waals surface area (Å²) < 4.78 is 30.8. The minimum Gasteiger partial charge on any atom is -0.496 e. The predicted octanol–water partition coefficient (Wildman–Crippen LogP) is 4.77. The highest BCUT2D eigenvalue weighted by atomic mass is 19.1. The third kappa shape index (κ3) is 5.08. The maximum atomic E-state index is 14.4. The maximum Gasteiger partial charge on any atom is 0.309 e. The Balaban J connectivity index is 1.33. The van der Waals surface area contributed by atoms with Gasteiger partial charge in [-0.2, -0.15) is 0 Å². The highest BCUT2D eigenvalue weighted by molar-refractivity contribution is 5.96. The average molecular weight is 451 g/mol. The molecule has 172 valence electrons. The van der Waals surface area contributed by atoms with Crippen molar-refractivity contribution in [1.29, 1.82) is 0 Å². The van der Waals surface area contributed by atoms with Gasteiger partial charge in [0.25, 0.3) is 5.91 Å². The molecule has 0 bridgehead atoms. The van der Waals surface area contributed by atoms with Gasteiger partial charge in [-0.15, -0.1) is 0 Å². The summed E-state index contributed by atoms with van der Waals surface area (Å²) in [4.78, 5) is 24.2. The number of fused-ring (bicyclic) bond motifs is 1. The van der Waals surface area contributed by atoms with Gasteiger partial charge in [0.05, 0.1) is 24.7 Å². The SMILES string of the molecule is COc1cc(F)c(OC2CCC(C(=O)OCc3cccc4ccccc34)CC2)cc1C(N)=O. The van der Waals surface area contributed by atoms with E-state index in [1.54, 1.807) is 0 Å². The predicted molar refractivity (Wildman–Crippen MR) is 122 cm³/mol. The molecular formula is C26H26FNO5. The van der Waals surface area contributed by atoms with Gasteiger partial charge in [0.1, 0.15) is 12.4 Å². The molecule has 0 unspecified atom stereocenters. The zero-order valence-electron chi connectivity index (χ0n) is 18.4. The molecule has 7 heteroatoms. The van der Waals surface area contributed by atoms with Crippen molar-refractivity contribution in [1.82, 2.24) is 0 Å². The summed E-state index contributed by atoms with van der Waals surface area (Å²) in [7, 11) is 1.34. The van der Waals surface area contributed by atoms with Crippen molar-refractivity contribution in [3.8, 4) is 11.5 Å². The van der Waals surface area contributed by atoms with Gasteiger partial charge in [-0.05, 0) is 48.1 Å². The van der Waals surface area contributed by atoms with Gasteiger partial charge in [-0.1, -0.05) is 42.5 Å². The number of primary amides is 1. The van der Waals surface area contributed by atoms with E-state index < -0.39 is 11.7 Å². The molecule has 0 spiro atoms. The van der Waals surface area contributed by atoms with E-state index in [1.807, 2.05) is 42.5 Å². The number of hydrogen-bond acceptors (Lipinski definition) is 5. The van der Waals surface area contributed by atoms with Crippen molar-refractivity contribution in [2.75, 3.05) is 7.11 Å². The lowest BCUT2D eigenvalue weighted by Gasteiger charge is -2.28. The van der Waals surface area contributed by atoms with Crippen LogP contribution in [-0.4, -0.2) is 25.1 Å². The second kappa shape index (κ2) is 9.90. The molecule has 0 atom stereocenters. The molecule has 2 N–H and O–H groups in total. The van der Waals surface area contributed by atoms with Crippen molar-refractivity contribution >= 4 is 22.6 Å². The second-order valence-corrected chi connectivity index (χ2v) is 8.18. The number of benzene rings is 3. The van der Waals surface area contributed by atoms with Crippen LogP contribution >= 0.6 is 0 Å². The van der Waals surface area contributed by atoms with Crippen LogP contribution in [0.25, 0.3) is 10.8 Å². The fraction of sp³-hybridized carbons (Fsp3) is 0.308. The Kier molecular flexibility index (Phi) is 6.77. The lowest BCUT2D eigenvalue weighted by atomic mass is 9.87. The van der Waals surface area contributed by atoms with Crippen molar-refractivity contribution < 1.29 is 28.2 Å². The Bertz CT molecular complexity index is 1170. The quantitative estimate of drug-likeness (QED) is 0.523. The first-order valence-corrected chi connectivity index (χ1v) is 10.9. The highest BCUT2D eigenvalue weighted by Crippen LogP contribution is 2.33. The Labute approximate surface area is 191 Å². The smallest absolute Gasteiger partial charge is 0.309 e. The number of rotatable bonds is 7. The average Bonchev–Trinajstić information content (AvgIpc) is 2.83. The van der Waals surface area contributed by atoms with Gasteiger partial charge in [-0.3, -0.25) is 9.59 Å². The molecule has 3 aromatic carbocycles. The van der Waals surface area contributed by atoms with E-state index in [2.05, 4.69) is 0 Å². The van der Waals surface area contributed by atoms with Gasteiger partial charge in [0, 0.05) is 6.07 Å². The molecule has 0 heterocycles. The number of ether oxygens (including phenoxy) is 3. The molecule has 0 aromatic heterocycles. The monoisotopic (exact) mass is 451 g/mol. The summed E-state index contributed by atoms with van der Waals surface area (Å²) in [6, 6.07) is 16.3. The topological polar surface area (TPSA) is 87.8 Å². The van der Waals surface area contributed by atoms with Crippen LogP contribution in [-0.2, 0) is 16.1 Å². The molecule has 1 fully saturated rings. The summed E-state index contributed by atoms with van der Waals surface area (Å²) in [6.45, 7) is 0.226. The number of amides is 1. The number of halogens is 1. The van der Waals surface area contributed by atoms with Gasteiger partial charge < -0.3 is 19.9 Å². The third-order valence-corrected chi connectivity index (χ3v) is 6.07. The molecule has 33 heavy (non-hydrogen) atoms. The molecule has 1 amide bonds. The summed E-state index contributed by atoms with van der Waals surface area (Å²) in [5.74, 6) is -1.80. The van der Waals surface area contributed by atoms with Gasteiger partial charge in [0.15, 0.2) is 11.6 Å².